The lowest BCUT2D eigenvalue weighted by Gasteiger charge is -2.02. The van der Waals surface area contributed by atoms with Gasteiger partial charge >= 0.3 is 5.97 Å². The molecule has 0 aromatic heterocycles. The smallest absolute Gasteiger partial charge is 0.338 e. The van der Waals surface area contributed by atoms with Crippen LogP contribution in [-0.4, -0.2) is 29.7 Å². The second kappa shape index (κ2) is 5.14. The first-order valence-corrected chi connectivity index (χ1v) is 5.69. The van der Waals surface area contributed by atoms with E-state index in [9.17, 15) is 14.9 Å². The Morgan fingerprint density at radius 3 is 2.56 bits per heavy atom. The fourth-order valence-corrected chi connectivity index (χ4v) is 1.65. The van der Waals surface area contributed by atoms with Crippen molar-refractivity contribution in [1.82, 2.24) is 0 Å². The first-order valence-electron chi connectivity index (χ1n) is 5.69. The molecule has 0 N–H and O–H groups in total. The van der Waals surface area contributed by atoms with E-state index in [2.05, 4.69) is 0 Å². The number of nitro benzene ring substituents is 1. The Balaban J connectivity index is 1.87. The molecule has 0 saturated carbocycles. The summed E-state index contributed by atoms with van der Waals surface area (Å²) in [6.07, 6.45) is 1.09. The number of rotatable bonds is 5. The molecule has 1 fully saturated rings. The van der Waals surface area contributed by atoms with Crippen molar-refractivity contribution in [2.75, 3.05) is 6.61 Å². The third kappa shape index (κ3) is 2.84. The summed E-state index contributed by atoms with van der Waals surface area (Å²) in [5.41, 5.74) is 0.248. The average Bonchev–Trinajstić information content (AvgIpc) is 3.14. The molecule has 0 spiro atoms. The monoisotopic (exact) mass is 251 g/mol. The number of non-ortho nitro benzene ring substituents is 1. The number of nitro groups is 1. The molecular weight excluding hydrogens is 238 g/mol. The van der Waals surface area contributed by atoms with Gasteiger partial charge in [-0.1, -0.05) is 6.92 Å². The van der Waals surface area contributed by atoms with Crippen LogP contribution >= 0.6 is 0 Å². The zero-order valence-electron chi connectivity index (χ0n) is 9.87. The summed E-state index contributed by atoms with van der Waals surface area (Å²) >= 11 is 0. The van der Waals surface area contributed by atoms with Crippen molar-refractivity contribution >= 4 is 11.7 Å². The second-order valence-corrected chi connectivity index (χ2v) is 4.02. The molecule has 0 bridgehead atoms. The number of esters is 1. The summed E-state index contributed by atoms with van der Waals surface area (Å²) in [7, 11) is 0. The lowest BCUT2D eigenvalue weighted by atomic mass is 10.2. The summed E-state index contributed by atoms with van der Waals surface area (Å²) in [5, 5.41) is 10.4. The number of ether oxygens (including phenoxy) is 2. The van der Waals surface area contributed by atoms with E-state index in [1.54, 1.807) is 0 Å². The van der Waals surface area contributed by atoms with Crippen LogP contribution in [-0.2, 0) is 9.47 Å². The quantitative estimate of drug-likeness (QED) is 0.345. The molecule has 0 aliphatic carbocycles. The Hall–Kier alpha value is -1.95. The number of hydrogen-bond acceptors (Lipinski definition) is 5. The van der Waals surface area contributed by atoms with Crippen LogP contribution in [0.25, 0.3) is 0 Å². The van der Waals surface area contributed by atoms with Gasteiger partial charge in [-0.3, -0.25) is 10.1 Å². The summed E-state index contributed by atoms with van der Waals surface area (Å²) < 4.78 is 10.3. The molecule has 6 nitrogen and oxygen atoms in total. The van der Waals surface area contributed by atoms with Gasteiger partial charge in [0.1, 0.15) is 12.7 Å². The minimum absolute atomic E-state index is 0.00278. The van der Waals surface area contributed by atoms with Crippen LogP contribution in [0.15, 0.2) is 24.3 Å². The van der Waals surface area contributed by atoms with Crippen LogP contribution in [0.5, 0.6) is 0 Å². The van der Waals surface area contributed by atoms with Crippen LogP contribution < -0.4 is 0 Å². The molecule has 96 valence electrons. The van der Waals surface area contributed by atoms with E-state index in [0.717, 1.165) is 6.42 Å². The fourth-order valence-electron chi connectivity index (χ4n) is 1.65. The standard InChI is InChI=1S/C12H13NO5/c1-2-10-11(18-10)7-17-12(14)8-3-5-9(6-4-8)13(15)16/h3-6,10-11H,2,7H2,1H3/t10-,11-/m0/s1. The number of hydrogen-bond donors (Lipinski definition) is 0. The van der Waals surface area contributed by atoms with Crippen LogP contribution in [0.3, 0.4) is 0 Å². The SMILES string of the molecule is CC[C@@H]1O[C@H]1COC(=O)c1ccc([N+](=O)[O-])cc1. The van der Waals surface area contributed by atoms with Crippen LogP contribution in [0.2, 0.25) is 0 Å². The van der Waals surface area contributed by atoms with Crippen LogP contribution in [0, 0.1) is 10.1 Å². The molecule has 1 aromatic rings. The van der Waals surface area contributed by atoms with Gasteiger partial charge in [-0.05, 0) is 18.6 Å². The molecule has 6 heteroatoms. The predicted molar refractivity (Wildman–Crippen MR) is 62.3 cm³/mol. The van der Waals surface area contributed by atoms with Crippen molar-refractivity contribution in [1.29, 1.82) is 0 Å². The van der Waals surface area contributed by atoms with Gasteiger partial charge in [-0.2, -0.15) is 0 Å². The van der Waals surface area contributed by atoms with Crippen molar-refractivity contribution in [3.05, 3.63) is 39.9 Å². The third-order valence-corrected chi connectivity index (χ3v) is 2.78. The molecule has 2 atom stereocenters. The van der Waals surface area contributed by atoms with Crippen molar-refractivity contribution in [2.45, 2.75) is 25.6 Å². The maximum absolute atomic E-state index is 11.6. The highest BCUT2D eigenvalue weighted by Gasteiger charge is 2.38. The zero-order valence-corrected chi connectivity index (χ0v) is 9.87. The number of nitrogens with zero attached hydrogens (tertiary/aromatic N) is 1. The lowest BCUT2D eigenvalue weighted by Crippen LogP contribution is -2.11. The van der Waals surface area contributed by atoms with Crippen molar-refractivity contribution in [2.24, 2.45) is 0 Å². The molecule has 18 heavy (non-hydrogen) atoms. The predicted octanol–water partition coefficient (Wildman–Crippen LogP) is 1.93. The van der Waals surface area contributed by atoms with Crippen molar-refractivity contribution < 1.29 is 19.2 Å². The first kappa shape index (κ1) is 12.5. The van der Waals surface area contributed by atoms with Crippen LogP contribution in [0.4, 0.5) is 5.69 Å². The fraction of sp³-hybridized carbons (Fsp3) is 0.417. The molecule has 0 unspecified atom stereocenters. The van der Waals surface area contributed by atoms with Gasteiger partial charge in [-0.25, -0.2) is 4.79 Å². The number of carbonyl (C=O) groups is 1. The Kier molecular flexibility index (Phi) is 3.57. The van der Waals surface area contributed by atoms with E-state index in [1.807, 2.05) is 6.92 Å². The summed E-state index contributed by atoms with van der Waals surface area (Å²) in [6.45, 7) is 2.23. The van der Waals surface area contributed by atoms with E-state index >= 15 is 0 Å². The number of benzene rings is 1. The van der Waals surface area contributed by atoms with Gasteiger partial charge in [0.05, 0.1) is 16.6 Å². The molecule has 1 aliphatic rings. The van der Waals surface area contributed by atoms with Gasteiger partial charge in [0.25, 0.3) is 5.69 Å². The minimum atomic E-state index is -0.515. The molecule has 1 aromatic carbocycles. The third-order valence-electron chi connectivity index (χ3n) is 2.78. The maximum atomic E-state index is 11.6. The second-order valence-electron chi connectivity index (χ2n) is 4.02. The van der Waals surface area contributed by atoms with E-state index in [1.165, 1.54) is 24.3 Å². The largest absolute Gasteiger partial charge is 0.459 e. The zero-order chi connectivity index (χ0) is 13.1. The number of epoxide rings is 1. The van der Waals surface area contributed by atoms with Gasteiger partial charge in [-0.15, -0.1) is 0 Å². The highest BCUT2D eigenvalue weighted by Crippen LogP contribution is 2.25. The van der Waals surface area contributed by atoms with Crippen molar-refractivity contribution in [3.63, 3.8) is 0 Å². The molecule has 1 heterocycles. The Labute approximate surface area is 104 Å². The van der Waals surface area contributed by atoms with Gasteiger partial charge in [0.2, 0.25) is 0 Å². The van der Waals surface area contributed by atoms with Crippen molar-refractivity contribution in [3.8, 4) is 0 Å². The Morgan fingerprint density at radius 2 is 2.06 bits per heavy atom. The molecule has 0 amide bonds. The first-order chi connectivity index (χ1) is 8.61. The maximum Gasteiger partial charge on any atom is 0.338 e. The molecule has 2 rings (SSSR count). The van der Waals surface area contributed by atoms with E-state index in [-0.39, 0.29) is 24.5 Å². The van der Waals surface area contributed by atoms with E-state index < -0.39 is 10.9 Å². The van der Waals surface area contributed by atoms with Gasteiger partial charge < -0.3 is 9.47 Å². The number of carbonyl (C=O) groups excluding carboxylic acids is 1. The highest BCUT2D eigenvalue weighted by atomic mass is 16.6. The minimum Gasteiger partial charge on any atom is -0.459 e. The Morgan fingerprint density at radius 1 is 1.39 bits per heavy atom. The summed E-state index contributed by atoms with van der Waals surface area (Å²) in [4.78, 5) is 21.5. The van der Waals surface area contributed by atoms with E-state index in [4.69, 9.17) is 9.47 Å². The summed E-state index contributed by atoms with van der Waals surface area (Å²) in [6, 6.07) is 5.31. The lowest BCUT2D eigenvalue weighted by molar-refractivity contribution is -0.384. The molecule has 0 radical (unpaired) electrons. The molecule has 1 aliphatic heterocycles. The van der Waals surface area contributed by atoms with Crippen LogP contribution in [0.1, 0.15) is 23.7 Å². The normalized spacial score (nSPS) is 21.4. The molecule has 1 saturated heterocycles. The van der Waals surface area contributed by atoms with Gasteiger partial charge in [0.15, 0.2) is 0 Å². The topological polar surface area (TPSA) is 82.0 Å². The van der Waals surface area contributed by atoms with Gasteiger partial charge in [0, 0.05) is 12.1 Å². The summed E-state index contributed by atoms with van der Waals surface area (Å²) in [5.74, 6) is -0.491. The van der Waals surface area contributed by atoms with E-state index in [0.29, 0.717) is 5.56 Å². The highest BCUT2D eigenvalue weighted by molar-refractivity contribution is 5.89. The Bertz CT molecular complexity index is 456. The average molecular weight is 251 g/mol. The molecular formula is C12H13NO5.